The van der Waals surface area contributed by atoms with Crippen molar-refractivity contribution in [3.63, 3.8) is 0 Å². The van der Waals surface area contributed by atoms with Crippen LogP contribution in [0.25, 0.3) is 9.88 Å². The van der Waals surface area contributed by atoms with E-state index in [2.05, 4.69) is 20.9 Å². The average Bonchev–Trinajstić information content (AvgIpc) is 2.84. The van der Waals surface area contributed by atoms with Gasteiger partial charge in [0.15, 0.2) is 0 Å². The lowest BCUT2D eigenvalue weighted by atomic mass is 10.4. The van der Waals surface area contributed by atoms with E-state index in [0.717, 1.165) is 9.35 Å². The van der Waals surface area contributed by atoms with Crippen LogP contribution in [0.3, 0.4) is 0 Å². The molecule has 4 nitrogen and oxygen atoms in total. The van der Waals surface area contributed by atoms with E-state index >= 15 is 0 Å². The molecule has 7 heteroatoms. The van der Waals surface area contributed by atoms with Gasteiger partial charge in [-0.1, -0.05) is 0 Å². The van der Waals surface area contributed by atoms with Crippen LogP contribution in [0.2, 0.25) is 0 Å². The molecule has 0 unspecified atom stereocenters. The fraction of sp³-hybridized carbons (Fsp3) is 0.200. The standard InChI is InChI=1S/C10H8BrNO3S2/c1-15-4-6-8(10(13)14)17-9(12-6)7-5(11)2-3-16-7/h2-3H,4H2,1H3,(H,13,14). The minimum atomic E-state index is -0.964. The lowest BCUT2D eigenvalue weighted by molar-refractivity contribution is 0.0697. The lowest BCUT2D eigenvalue weighted by Crippen LogP contribution is -1.99. The fourth-order valence-corrected chi connectivity index (χ4v) is 4.00. The van der Waals surface area contributed by atoms with Gasteiger partial charge in [-0.3, -0.25) is 0 Å². The summed E-state index contributed by atoms with van der Waals surface area (Å²) in [6.45, 7) is 0.209. The number of nitrogens with zero attached hydrogens (tertiary/aromatic N) is 1. The van der Waals surface area contributed by atoms with Gasteiger partial charge >= 0.3 is 5.97 Å². The van der Waals surface area contributed by atoms with Crippen LogP contribution in [-0.2, 0) is 11.3 Å². The number of aromatic nitrogens is 1. The van der Waals surface area contributed by atoms with Gasteiger partial charge in [0.05, 0.1) is 17.2 Å². The van der Waals surface area contributed by atoms with Gasteiger partial charge in [0.1, 0.15) is 9.88 Å². The maximum atomic E-state index is 11.1. The summed E-state index contributed by atoms with van der Waals surface area (Å²) in [6, 6.07) is 1.91. The van der Waals surface area contributed by atoms with Crippen molar-refractivity contribution in [1.29, 1.82) is 0 Å². The van der Waals surface area contributed by atoms with Crippen LogP contribution < -0.4 is 0 Å². The van der Waals surface area contributed by atoms with Crippen LogP contribution in [0, 0.1) is 0 Å². The van der Waals surface area contributed by atoms with Gasteiger partial charge in [-0.05, 0) is 27.4 Å². The highest BCUT2D eigenvalue weighted by molar-refractivity contribution is 9.10. The van der Waals surface area contributed by atoms with Gasteiger partial charge in [0.2, 0.25) is 0 Å². The van der Waals surface area contributed by atoms with Gasteiger partial charge in [0.25, 0.3) is 0 Å². The van der Waals surface area contributed by atoms with Crippen LogP contribution in [0.1, 0.15) is 15.4 Å². The number of hydrogen-bond donors (Lipinski definition) is 1. The number of thiophene rings is 1. The minimum absolute atomic E-state index is 0.209. The number of ether oxygens (including phenoxy) is 1. The molecule has 0 aliphatic carbocycles. The first-order valence-electron chi connectivity index (χ1n) is 4.58. The van der Waals surface area contributed by atoms with E-state index in [1.165, 1.54) is 29.8 Å². The molecule has 1 N–H and O–H groups in total. The molecule has 0 bridgehead atoms. The third-order valence-corrected chi connectivity index (χ3v) is 5.06. The highest BCUT2D eigenvalue weighted by Gasteiger charge is 2.19. The van der Waals surface area contributed by atoms with Gasteiger partial charge in [0, 0.05) is 11.6 Å². The molecule has 0 saturated carbocycles. The van der Waals surface area contributed by atoms with E-state index in [4.69, 9.17) is 9.84 Å². The van der Waals surface area contributed by atoms with E-state index in [1.807, 2.05) is 11.4 Å². The minimum Gasteiger partial charge on any atom is -0.477 e. The normalized spacial score (nSPS) is 10.7. The number of carboxylic acids is 1. The molecular weight excluding hydrogens is 326 g/mol. The molecule has 2 heterocycles. The molecule has 0 fully saturated rings. The first-order valence-corrected chi connectivity index (χ1v) is 7.07. The van der Waals surface area contributed by atoms with Gasteiger partial charge < -0.3 is 9.84 Å². The van der Waals surface area contributed by atoms with Gasteiger partial charge in [-0.2, -0.15) is 0 Å². The molecule has 2 rings (SSSR count). The Labute approximate surface area is 114 Å². The van der Waals surface area contributed by atoms with E-state index in [-0.39, 0.29) is 11.5 Å². The number of carboxylic acid groups (broad SMARTS) is 1. The smallest absolute Gasteiger partial charge is 0.347 e. The number of aromatic carboxylic acids is 1. The Morgan fingerprint density at radius 3 is 2.94 bits per heavy atom. The quantitative estimate of drug-likeness (QED) is 0.930. The van der Waals surface area contributed by atoms with E-state index < -0.39 is 5.97 Å². The van der Waals surface area contributed by atoms with Crippen LogP contribution in [0.15, 0.2) is 15.9 Å². The first kappa shape index (κ1) is 12.7. The van der Waals surface area contributed by atoms with E-state index in [0.29, 0.717) is 10.7 Å². The number of carbonyl (C=O) groups is 1. The van der Waals surface area contributed by atoms with Crippen LogP contribution in [-0.4, -0.2) is 23.2 Å². The second-order valence-electron chi connectivity index (χ2n) is 3.13. The van der Waals surface area contributed by atoms with Crippen molar-refractivity contribution in [2.75, 3.05) is 7.11 Å². The maximum absolute atomic E-state index is 11.1. The number of thiazole rings is 1. The number of halogens is 1. The topological polar surface area (TPSA) is 59.4 Å². The van der Waals surface area contributed by atoms with E-state index in [1.54, 1.807) is 0 Å². The summed E-state index contributed by atoms with van der Waals surface area (Å²) in [5.41, 5.74) is 0.473. The Morgan fingerprint density at radius 1 is 1.65 bits per heavy atom. The zero-order valence-electron chi connectivity index (χ0n) is 8.77. The van der Waals surface area contributed by atoms with Crippen molar-refractivity contribution >= 4 is 44.6 Å². The Balaban J connectivity index is 2.47. The highest BCUT2D eigenvalue weighted by Crippen LogP contribution is 2.37. The summed E-state index contributed by atoms with van der Waals surface area (Å²) < 4.78 is 5.88. The molecule has 90 valence electrons. The third-order valence-electron chi connectivity index (χ3n) is 1.98. The first-order chi connectivity index (χ1) is 8.13. The predicted octanol–water partition coefficient (Wildman–Crippen LogP) is 3.48. The monoisotopic (exact) mass is 333 g/mol. The molecule has 2 aromatic rings. The fourth-order valence-electron chi connectivity index (χ4n) is 1.30. The van der Waals surface area contributed by atoms with Crippen molar-refractivity contribution in [2.24, 2.45) is 0 Å². The molecule has 0 atom stereocenters. The summed E-state index contributed by atoms with van der Waals surface area (Å²) in [5, 5.41) is 11.7. The van der Waals surface area contributed by atoms with Crippen LogP contribution in [0.5, 0.6) is 0 Å². The highest BCUT2D eigenvalue weighted by atomic mass is 79.9. The van der Waals surface area contributed by atoms with Crippen molar-refractivity contribution < 1.29 is 14.6 Å². The third kappa shape index (κ3) is 2.57. The second-order valence-corrected chi connectivity index (χ2v) is 5.90. The molecule has 0 aliphatic rings. The Morgan fingerprint density at radius 2 is 2.41 bits per heavy atom. The van der Waals surface area contributed by atoms with Crippen LogP contribution >= 0.6 is 38.6 Å². The molecule has 2 aromatic heterocycles. The summed E-state index contributed by atoms with van der Waals surface area (Å²) >= 11 is 6.10. The lowest BCUT2D eigenvalue weighted by Gasteiger charge is -1.94. The van der Waals surface area contributed by atoms with Crippen molar-refractivity contribution in [3.05, 3.63) is 26.5 Å². The molecule has 0 amide bonds. The summed E-state index contributed by atoms with van der Waals surface area (Å²) in [5.74, 6) is -0.964. The maximum Gasteiger partial charge on any atom is 0.347 e. The van der Waals surface area contributed by atoms with E-state index in [9.17, 15) is 4.79 Å². The zero-order chi connectivity index (χ0) is 12.4. The number of rotatable bonds is 4. The van der Waals surface area contributed by atoms with Crippen molar-refractivity contribution in [2.45, 2.75) is 6.61 Å². The average molecular weight is 334 g/mol. The summed E-state index contributed by atoms with van der Waals surface area (Å²) in [7, 11) is 1.52. The molecule has 0 spiro atoms. The van der Waals surface area contributed by atoms with Crippen molar-refractivity contribution in [1.82, 2.24) is 4.98 Å². The molecule has 0 radical (unpaired) electrons. The SMILES string of the molecule is COCc1nc(-c2sccc2Br)sc1C(=O)O. The number of methoxy groups -OCH3 is 1. The Kier molecular flexibility index (Phi) is 3.93. The van der Waals surface area contributed by atoms with Crippen LogP contribution in [0.4, 0.5) is 0 Å². The molecule has 0 aliphatic heterocycles. The molecule has 17 heavy (non-hydrogen) atoms. The Bertz CT molecular complexity index is 549. The Hall–Kier alpha value is -0.760. The number of hydrogen-bond acceptors (Lipinski definition) is 5. The second kappa shape index (κ2) is 5.26. The molecule has 0 saturated heterocycles. The van der Waals surface area contributed by atoms with Gasteiger partial charge in [-0.15, -0.1) is 22.7 Å². The largest absolute Gasteiger partial charge is 0.477 e. The summed E-state index contributed by atoms with van der Waals surface area (Å²) in [4.78, 5) is 16.6. The molecular formula is C10H8BrNO3S2. The van der Waals surface area contributed by atoms with Crippen molar-refractivity contribution in [3.8, 4) is 9.88 Å². The summed E-state index contributed by atoms with van der Waals surface area (Å²) in [6.07, 6.45) is 0. The predicted molar refractivity (Wildman–Crippen MR) is 70.8 cm³/mol. The molecule has 0 aromatic carbocycles. The van der Waals surface area contributed by atoms with Gasteiger partial charge in [-0.25, -0.2) is 9.78 Å². The zero-order valence-corrected chi connectivity index (χ0v) is 12.0.